The van der Waals surface area contributed by atoms with Gasteiger partial charge in [0.25, 0.3) is 5.91 Å². The van der Waals surface area contributed by atoms with Gasteiger partial charge in [0.1, 0.15) is 30.3 Å². The fourth-order valence-electron chi connectivity index (χ4n) is 6.09. The Morgan fingerprint density at radius 1 is 1.02 bits per heavy atom. The summed E-state index contributed by atoms with van der Waals surface area (Å²) in [4.78, 5) is 54.4. The first kappa shape index (κ1) is 34.9. The van der Waals surface area contributed by atoms with E-state index in [4.69, 9.17) is 9.47 Å². The second-order valence-corrected chi connectivity index (χ2v) is 12.9. The molecule has 1 saturated heterocycles. The maximum Gasteiger partial charge on any atom is 0.255 e. The molecular weight excluding hydrogens is 591 g/mol. The summed E-state index contributed by atoms with van der Waals surface area (Å²) >= 11 is 0. The van der Waals surface area contributed by atoms with Crippen LogP contribution >= 0.6 is 0 Å². The van der Waals surface area contributed by atoms with E-state index < -0.39 is 41.6 Å². The number of halogens is 1. The van der Waals surface area contributed by atoms with Crippen LogP contribution in [0.3, 0.4) is 0 Å². The Morgan fingerprint density at radius 2 is 1.76 bits per heavy atom. The Kier molecular flexibility index (Phi) is 12.1. The molecule has 2 aromatic rings. The van der Waals surface area contributed by atoms with Crippen molar-refractivity contribution < 1.29 is 33.0 Å². The van der Waals surface area contributed by atoms with Crippen molar-refractivity contribution in [2.45, 2.75) is 83.3 Å². The van der Waals surface area contributed by atoms with E-state index in [9.17, 15) is 23.6 Å². The van der Waals surface area contributed by atoms with Crippen LogP contribution in [0.15, 0.2) is 48.5 Å². The minimum atomic E-state index is -1.26. The molecule has 10 nitrogen and oxygen atoms in total. The van der Waals surface area contributed by atoms with Gasteiger partial charge < -0.3 is 30.7 Å². The third-order valence-corrected chi connectivity index (χ3v) is 8.99. The summed E-state index contributed by atoms with van der Waals surface area (Å²) in [5, 5.41) is 11.6. The van der Waals surface area contributed by atoms with Crippen LogP contribution in [0.5, 0.6) is 5.75 Å². The molecule has 4 amide bonds. The lowest BCUT2D eigenvalue weighted by molar-refractivity contribution is -0.132. The van der Waals surface area contributed by atoms with Gasteiger partial charge in [-0.05, 0) is 60.9 Å². The fourth-order valence-corrected chi connectivity index (χ4v) is 6.09. The molecular formula is C35H47FN4O6. The number of hydrogen-bond acceptors (Lipinski definition) is 6. The molecule has 0 aliphatic carbocycles. The lowest BCUT2D eigenvalue weighted by Gasteiger charge is -2.38. The van der Waals surface area contributed by atoms with Gasteiger partial charge in [-0.25, -0.2) is 4.39 Å². The van der Waals surface area contributed by atoms with Crippen LogP contribution in [0.4, 0.5) is 4.39 Å². The average molecular weight is 639 g/mol. The maximum absolute atomic E-state index is 14.2. The fraction of sp³-hybridized carbons (Fsp3) is 0.543. The summed E-state index contributed by atoms with van der Waals surface area (Å²) < 4.78 is 25.9. The topological polar surface area (TPSA) is 135 Å². The SMILES string of the molecule is CC[C@H](C)[C@@H]1NC(=O)C[C@@H](C(=O)NCC2(c3cccc(F)c3)CCOCC2)NC(=O)c2ccccc2OC[C@H](CC(C)C)NC1=O. The first-order chi connectivity index (χ1) is 22.0. The molecule has 46 heavy (non-hydrogen) atoms. The van der Waals surface area contributed by atoms with Crippen molar-refractivity contribution >= 4 is 23.6 Å². The Bertz CT molecular complexity index is 1380. The van der Waals surface area contributed by atoms with Crippen molar-refractivity contribution in [3.05, 3.63) is 65.5 Å². The van der Waals surface area contributed by atoms with Gasteiger partial charge in [-0.1, -0.05) is 58.4 Å². The van der Waals surface area contributed by atoms with E-state index in [2.05, 4.69) is 21.3 Å². The molecule has 2 aliphatic rings. The zero-order chi connectivity index (χ0) is 33.3. The quantitative estimate of drug-likeness (QED) is 0.349. The zero-order valence-electron chi connectivity index (χ0n) is 27.2. The molecule has 2 aromatic carbocycles. The molecule has 0 bridgehead atoms. The monoisotopic (exact) mass is 638 g/mol. The van der Waals surface area contributed by atoms with Crippen LogP contribution in [0.2, 0.25) is 0 Å². The first-order valence-electron chi connectivity index (χ1n) is 16.2. The van der Waals surface area contributed by atoms with Crippen molar-refractivity contribution in [2.24, 2.45) is 11.8 Å². The van der Waals surface area contributed by atoms with E-state index >= 15 is 0 Å². The normalized spacial score (nSPS) is 23.1. The first-order valence-corrected chi connectivity index (χ1v) is 16.2. The summed E-state index contributed by atoms with van der Waals surface area (Å²) in [6.07, 6.45) is 1.98. The number of fused-ring (bicyclic) bond motifs is 1. The van der Waals surface area contributed by atoms with Crippen molar-refractivity contribution in [3.63, 3.8) is 0 Å². The molecule has 250 valence electrons. The van der Waals surface area contributed by atoms with Crippen molar-refractivity contribution in [1.82, 2.24) is 21.3 Å². The highest BCUT2D eigenvalue weighted by atomic mass is 19.1. The number of carbonyl (C=O) groups excluding carboxylic acids is 4. The minimum Gasteiger partial charge on any atom is -0.491 e. The number of rotatable bonds is 8. The molecule has 0 radical (unpaired) electrons. The number of hydrogen-bond donors (Lipinski definition) is 4. The largest absolute Gasteiger partial charge is 0.491 e. The van der Waals surface area contributed by atoms with E-state index in [1.165, 1.54) is 12.1 Å². The van der Waals surface area contributed by atoms with E-state index in [0.717, 1.165) is 5.56 Å². The van der Waals surface area contributed by atoms with Crippen LogP contribution < -0.4 is 26.0 Å². The summed E-state index contributed by atoms with van der Waals surface area (Å²) in [5.74, 6) is -2.04. The molecule has 0 saturated carbocycles. The molecule has 2 heterocycles. The van der Waals surface area contributed by atoms with Crippen molar-refractivity contribution in [2.75, 3.05) is 26.4 Å². The molecule has 0 spiro atoms. The molecule has 2 aliphatic heterocycles. The Labute approximate surface area is 270 Å². The van der Waals surface area contributed by atoms with Crippen LogP contribution in [-0.4, -0.2) is 68.1 Å². The van der Waals surface area contributed by atoms with Gasteiger partial charge in [0.15, 0.2) is 0 Å². The number of carbonyl (C=O) groups is 4. The molecule has 11 heteroatoms. The van der Waals surface area contributed by atoms with Gasteiger partial charge in [-0.3, -0.25) is 19.2 Å². The van der Waals surface area contributed by atoms with Crippen LogP contribution in [0, 0.1) is 17.7 Å². The molecule has 1 fully saturated rings. The number of amides is 4. The smallest absolute Gasteiger partial charge is 0.255 e. The number of nitrogens with one attached hydrogen (secondary N) is 4. The van der Waals surface area contributed by atoms with Gasteiger partial charge >= 0.3 is 0 Å². The summed E-state index contributed by atoms with van der Waals surface area (Å²) in [6.45, 7) is 9.06. The molecule has 4 N–H and O–H groups in total. The van der Waals surface area contributed by atoms with Crippen LogP contribution in [-0.2, 0) is 24.5 Å². The lowest BCUT2D eigenvalue weighted by atomic mass is 9.74. The number of benzene rings is 2. The third-order valence-electron chi connectivity index (χ3n) is 8.99. The predicted octanol–water partition coefficient (Wildman–Crippen LogP) is 3.63. The van der Waals surface area contributed by atoms with E-state index in [-0.39, 0.29) is 48.3 Å². The highest BCUT2D eigenvalue weighted by Gasteiger charge is 2.37. The van der Waals surface area contributed by atoms with Gasteiger partial charge in [-0.15, -0.1) is 0 Å². The Balaban J connectivity index is 1.63. The highest BCUT2D eigenvalue weighted by molar-refractivity contribution is 6.01. The molecule has 0 aromatic heterocycles. The van der Waals surface area contributed by atoms with Gasteiger partial charge in [0.05, 0.1) is 18.0 Å². The maximum atomic E-state index is 14.2. The second-order valence-electron chi connectivity index (χ2n) is 12.9. The van der Waals surface area contributed by atoms with Gasteiger partial charge in [0, 0.05) is 25.2 Å². The predicted molar refractivity (Wildman–Crippen MR) is 172 cm³/mol. The van der Waals surface area contributed by atoms with E-state index in [1.54, 1.807) is 30.3 Å². The molecule has 4 atom stereocenters. The standard InChI is InChI=1S/C35H47FN4O6/c1-5-23(4)31-34(44)38-26(17-22(2)3)20-46-29-12-7-6-11-27(29)32(42)39-28(19-30(41)40-31)33(43)37-21-35(13-15-45-16-14-35)24-9-8-10-25(36)18-24/h6-12,18,22-23,26,28,31H,5,13-17,19-21H2,1-4H3,(H,37,43)(H,38,44)(H,39,42)(H,40,41)/t23-,26-,28-,31-/m0/s1. The zero-order valence-corrected chi connectivity index (χ0v) is 27.2. The van der Waals surface area contributed by atoms with Crippen LogP contribution in [0.1, 0.15) is 75.7 Å². The summed E-state index contributed by atoms with van der Waals surface area (Å²) in [6, 6.07) is 10.5. The van der Waals surface area contributed by atoms with E-state index in [0.29, 0.717) is 44.6 Å². The molecule has 0 unspecified atom stereocenters. The molecule has 4 rings (SSSR count). The number of ether oxygens (including phenoxy) is 2. The summed E-state index contributed by atoms with van der Waals surface area (Å²) in [5.41, 5.74) is 0.356. The lowest BCUT2D eigenvalue weighted by Crippen LogP contribution is -2.56. The van der Waals surface area contributed by atoms with Crippen LogP contribution in [0.25, 0.3) is 0 Å². The Hall–Kier alpha value is -3.99. The summed E-state index contributed by atoms with van der Waals surface area (Å²) in [7, 11) is 0. The van der Waals surface area contributed by atoms with E-state index in [1.807, 2.05) is 33.8 Å². The third kappa shape index (κ3) is 9.05. The second kappa shape index (κ2) is 16.0. The minimum absolute atomic E-state index is 0.116. The average Bonchev–Trinajstić information content (AvgIpc) is 3.04. The van der Waals surface area contributed by atoms with Crippen molar-refractivity contribution in [3.8, 4) is 5.75 Å². The van der Waals surface area contributed by atoms with Gasteiger partial charge in [-0.2, -0.15) is 0 Å². The number of para-hydroxylation sites is 1. The Morgan fingerprint density at radius 3 is 2.46 bits per heavy atom. The van der Waals surface area contributed by atoms with Gasteiger partial charge in [0.2, 0.25) is 17.7 Å². The van der Waals surface area contributed by atoms with Crippen molar-refractivity contribution in [1.29, 1.82) is 0 Å². The highest BCUT2D eigenvalue weighted by Crippen LogP contribution is 2.34.